The van der Waals surface area contributed by atoms with Crippen molar-refractivity contribution in [3.05, 3.63) is 35.4 Å². The number of carboxylic acid groups (broad SMARTS) is 1. The molecule has 0 bridgehead atoms. The summed E-state index contributed by atoms with van der Waals surface area (Å²) in [5, 5.41) is 19.1. The van der Waals surface area contributed by atoms with Gasteiger partial charge in [0.1, 0.15) is 11.6 Å². The van der Waals surface area contributed by atoms with Crippen LogP contribution in [-0.4, -0.2) is 34.7 Å². The van der Waals surface area contributed by atoms with Gasteiger partial charge >= 0.3 is 5.97 Å². The van der Waals surface area contributed by atoms with E-state index in [0.717, 1.165) is 12.1 Å². The third-order valence-electron chi connectivity index (χ3n) is 1.91. The van der Waals surface area contributed by atoms with Crippen molar-refractivity contribution in [2.75, 3.05) is 6.61 Å². The molecule has 1 amide bonds. The molecule has 0 aliphatic heterocycles. The standard InChI is InChI=1S/C10H9F2NO4/c11-6-1-5(2-7(12)3-6)9(15)13-8(4-14)10(16)17/h1-3,8,14H,4H2,(H,13,15)(H,16,17)/t8-/m1/s1. The number of amides is 1. The summed E-state index contributed by atoms with van der Waals surface area (Å²) in [5.74, 6) is -4.33. The van der Waals surface area contributed by atoms with E-state index in [1.807, 2.05) is 5.32 Å². The van der Waals surface area contributed by atoms with E-state index < -0.39 is 36.2 Å². The number of aliphatic carboxylic acids is 1. The Hall–Kier alpha value is -2.02. The Bertz CT molecular complexity index is 430. The van der Waals surface area contributed by atoms with Gasteiger partial charge in [-0.05, 0) is 12.1 Å². The molecule has 0 aromatic heterocycles. The molecule has 92 valence electrons. The Morgan fingerprint density at radius 1 is 1.24 bits per heavy atom. The maximum absolute atomic E-state index is 12.8. The molecule has 0 spiro atoms. The average molecular weight is 245 g/mol. The summed E-state index contributed by atoms with van der Waals surface area (Å²) in [5.41, 5.74) is -0.359. The largest absolute Gasteiger partial charge is 0.480 e. The smallest absolute Gasteiger partial charge is 0.328 e. The van der Waals surface area contributed by atoms with Crippen LogP contribution in [0.25, 0.3) is 0 Å². The van der Waals surface area contributed by atoms with Gasteiger partial charge in [0.2, 0.25) is 0 Å². The molecule has 0 aliphatic carbocycles. The molecule has 0 radical (unpaired) electrons. The summed E-state index contributed by atoms with van der Waals surface area (Å²) in [6.07, 6.45) is 0. The molecular weight excluding hydrogens is 236 g/mol. The first-order chi connectivity index (χ1) is 7.93. The number of nitrogens with one attached hydrogen (secondary N) is 1. The lowest BCUT2D eigenvalue weighted by atomic mass is 10.2. The highest BCUT2D eigenvalue weighted by Gasteiger charge is 2.20. The second-order valence-corrected chi connectivity index (χ2v) is 3.20. The first kappa shape index (κ1) is 13.0. The van der Waals surface area contributed by atoms with Crippen molar-refractivity contribution in [1.82, 2.24) is 5.32 Å². The van der Waals surface area contributed by atoms with E-state index in [4.69, 9.17) is 10.2 Å². The number of aliphatic hydroxyl groups is 1. The van der Waals surface area contributed by atoms with Crippen LogP contribution in [0.5, 0.6) is 0 Å². The molecule has 3 N–H and O–H groups in total. The van der Waals surface area contributed by atoms with Gasteiger partial charge in [0.05, 0.1) is 6.61 Å². The van der Waals surface area contributed by atoms with Crippen molar-refractivity contribution in [2.24, 2.45) is 0 Å². The zero-order chi connectivity index (χ0) is 13.0. The normalized spacial score (nSPS) is 11.9. The molecule has 17 heavy (non-hydrogen) atoms. The van der Waals surface area contributed by atoms with E-state index in [1.165, 1.54) is 0 Å². The molecule has 7 heteroatoms. The lowest BCUT2D eigenvalue weighted by Gasteiger charge is -2.11. The average Bonchev–Trinajstić information content (AvgIpc) is 2.23. The number of hydrogen-bond acceptors (Lipinski definition) is 3. The van der Waals surface area contributed by atoms with Crippen LogP contribution in [0.4, 0.5) is 8.78 Å². The Kier molecular flexibility index (Phi) is 4.11. The molecule has 1 aromatic rings. The number of carbonyl (C=O) groups is 2. The number of benzene rings is 1. The zero-order valence-corrected chi connectivity index (χ0v) is 8.48. The van der Waals surface area contributed by atoms with E-state index in [1.54, 1.807) is 0 Å². The monoisotopic (exact) mass is 245 g/mol. The van der Waals surface area contributed by atoms with Gasteiger partial charge in [-0.25, -0.2) is 13.6 Å². The SMILES string of the molecule is O=C(N[C@H](CO)C(=O)O)c1cc(F)cc(F)c1. The summed E-state index contributed by atoms with van der Waals surface area (Å²) in [4.78, 5) is 21.9. The molecule has 0 fully saturated rings. The third-order valence-corrected chi connectivity index (χ3v) is 1.91. The van der Waals surface area contributed by atoms with E-state index in [9.17, 15) is 18.4 Å². The molecule has 1 aromatic carbocycles. The molecular formula is C10H9F2NO4. The fourth-order valence-electron chi connectivity index (χ4n) is 1.11. The van der Waals surface area contributed by atoms with E-state index in [-0.39, 0.29) is 5.56 Å². The van der Waals surface area contributed by atoms with Crippen LogP contribution < -0.4 is 5.32 Å². The molecule has 1 rings (SSSR count). The maximum atomic E-state index is 12.8. The second-order valence-electron chi connectivity index (χ2n) is 3.20. The number of halogens is 2. The van der Waals surface area contributed by atoms with Gasteiger partial charge in [-0.3, -0.25) is 4.79 Å². The number of carboxylic acids is 1. The highest BCUT2D eigenvalue weighted by atomic mass is 19.1. The van der Waals surface area contributed by atoms with Gasteiger partial charge in [-0.15, -0.1) is 0 Å². The zero-order valence-electron chi connectivity index (χ0n) is 8.48. The van der Waals surface area contributed by atoms with E-state index >= 15 is 0 Å². The highest BCUT2D eigenvalue weighted by Crippen LogP contribution is 2.08. The fraction of sp³-hybridized carbons (Fsp3) is 0.200. The quantitative estimate of drug-likeness (QED) is 0.704. The maximum Gasteiger partial charge on any atom is 0.328 e. The van der Waals surface area contributed by atoms with Crippen LogP contribution in [0.1, 0.15) is 10.4 Å². The van der Waals surface area contributed by atoms with Crippen LogP contribution in [0.15, 0.2) is 18.2 Å². The molecule has 0 unspecified atom stereocenters. The van der Waals surface area contributed by atoms with Crippen LogP contribution in [0.3, 0.4) is 0 Å². The predicted molar refractivity (Wildman–Crippen MR) is 52.3 cm³/mol. The van der Waals surface area contributed by atoms with Crippen molar-refractivity contribution >= 4 is 11.9 Å². The number of hydrogen-bond donors (Lipinski definition) is 3. The second kappa shape index (κ2) is 5.35. The molecule has 5 nitrogen and oxygen atoms in total. The first-order valence-corrected chi connectivity index (χ1v) is 4.54. The lowest BCUT2D eigenvalue weighted by molar-refractivity contribution is -0.140. The Morgan fingerprint density at radius 3 is 2.18 bits per heavy atom. The van der Waals surface area contributed by atoms with Gasteiger partial charge in [-0.1, -0.05) is 0 Å². The minimum Gasteiger partial charge on any atom is -0.480 e. The Balaban J connectivity index is 2.86. The van der Waals surface area contributed by atoms with Crippen LogP contribution in [0.2, 0.25) is 0 Å². The summed E-state index contributed by atoms with van der Waals surface area (Å²) in [7, 11) is 0. The minimum absolute atomic E-state index is 0.359. The van der Waals surface area contributed by atoms with Crippen LogP contribution >= 0.6 is 0 Å². The Morgan fingerprint density at radius 2 is 1.76 bits per heavy atom. The molecule has 0 aliphatic rings. The molecule has 0 saturated carbocycles. The molecule has 0 saturated heterocycles. The molecule has 1 atom stereocenters. The number of carbonyl (C=O) groups excluding carboxylic acids is 1. The van der Waals surface area contributed by atoms with Gasteiger partial charge in [0.25, 0.3) is 5.91 Å². The summed E-state index contributed by atoms with van der Waals surface area (Å²) < 4.78 is 25.6. The number of aliphatic hydroxyl groups excluding tert-OH is 1. The lowest BCUT2D eigenvalue weighted by Crippen LogP contribution is -2.43. The minimum atomic E-state index is -1.52. The van der Waals surface area contributed by atoms with E-state index in [2.05, 4.69) is 0 Å². The van der Waals surface area contributed by atoms with Crippen LogP contribution in [-0.2, 0) is 4.79 Å². The van der Waals surface area contributed by atoms with Crippen molar-refractivity contribution < 1.29 is 28.6 Å². The topological polar surface area (TPSA) is 86.6 Å². The summed E-state index contributed by atoms with van der Waals surface area (Å²) in [6.45, 7) is -0.821. The van der Waals surface area contributed by atoms with Crippen molar-refractivity contribution in [1.29, 1.82) is 0 Å². The van der Waals surface area contributed by atoms with Gasteiger partial charge in [0, 0.05) is 11.6 Å². The van der Waals surface area contributed by atoms with E-state index in [0.29, 0.717) is 6.07 Å². The van der Waals surface area contributed by atoms with Crippen molar-refractivity contribution in [3.8, 4) is 0 Å². The fourth-order valence-corrected chi connectivity index (χ4v) is 1.11. The van der Waals surface area contributed by atoms with Gasteiger partial charge in [0.15, 0.2) is 6.04 Å². The first-order valence-electron chi connectivity index (χ1n) is 4.54. The van der Waals surface area contributed by atoms with Crippen molar-refractivity contribution in [2.45, 2.75) is 6.04 Å². The van der Waals surface area contributed by atoms with Crippen molar-refractivity contribution in [3.63, 3.8) is 0 Å². The highest BCUT2D eigenvalue weighted by molar-refractivity contribution is 5.96. The summed E-state index contributed by atoms with van der Waals surface area (Å²) >= 11 is 0. The third kappa shape index (κ3) is 3.49. The number of rotatable bonds is 4. The van der Waals surface area contributed by atoms with Gasteiger partial charge in [-0.2, -0.15) is 0 Å². The predicted octanol–water partition coefficient (Wildman–Crippen LogP) is 0.140. The summed E-state index contributed by atoms with van der Waals surface area (Å²) in [6, 6.07) is 0.579. The molecule has 0 heterocycles. The van der Waals surface area contributed by atoms with Crippen LogP contribution in [0, 0.1) is 11.6 Å². The van der Waals surface area contributed by atoms with Gasteiger partial charge < -0.3 is 15.5 Å². The Labute approximate surface area is 94.7 Å².